The van der Waals surface area contributed by atoms with Gasteiger partial charge in [0.25, 0.3) is 5.91 Å². The second-order valence-corrected chi connectivity index (χ2v) is 5.52. The van der Waals surface area contributed by atoms with E-state index < -0.39 is 0 Å². The lowest BCUT2D eigenvalue weighted by molar-refractivity contribution is 0.102. The number of anilines is 1. The summed E-state index contributed by atoms with van der Waals surface area (Å²) < 4.78 is 1.72. The minimum Gasteiger partial charge on any atom is -0.289 e. The molecular formula is C18H18N4O. The van der Waals surface area contributed by atoms with E-state index in [0.717, 1.165) is 5.56 Å². The van der Waals surface area contributed by atoms with Crippen molar-refractivity contribution in [3.05, 3.63) is 77.1 Å². The first-order chi connectivity index (χ1) is 11.1. The summed E-state index contributed by atoms with van der Waals surface area (Å²) in [4.78, 5) is 16.3. The molecule has 0 saturated heterocycles. The molecule has 0 bridgehead atoms. The Morgan fingerprint density at radius 2 is 1.96 bits per heavy atom. The molecule has 0 aliphatic rings. The summed E-state index contributed by atoms with van der Waals surface area (Å²) in [7, 11) is 0. The van der Waals surface area contributed by atoms with Crippen molar-refractivity contribution < 1.29 is 4.79 Å². The summed E-state index contributed by atoms with van der Waals surface area (Å²) in [6.07, 6.45) is 1.62. The Balaban J connectivity index is 1.70. The van der Waals surface area contributed by atoms with Crippen LogP contribution in [0.3, 0.4) is 0 Å². The van der Waals surface area contributed by atoms with Crippen LogP contribution in [0, 0.1) is 13.8 Å². The maximum Gasteiger partial charge on any atom is 0.258 e. The van der Waals surface area contributed by atoms with E-state index in [1.54, 1.807) is 17.1 Å². The highest BCUT2D eigenvalue weighted by molar-refractivity contribution is 6.03. The zero-order valence-corrected chi connectivity index (χ0v) is 13.2. The maximum atomic E-state index is 12.2. The van der Waals surface area contributed by atoms with Gasteiger partial charge in [0.1, 0.15) is 6.33 Å². The number of hydrogen-bond donors (Lipinski definition) is 1. The first kappa shape index (κ1) is 15.0. The summed E-state index contributed by atoms with van der Waals surface area (Å²) in [5.74, 6) is 0.104. The molecule has 5 nitrogen and oxygen atoms in total. The van der Waals surface area contributed by atoms with Crippen LogP contribution in [0.25, 0.3) is 0 Å². The van der Waals surface area contributed by atoms with Crippen molar-refractivity contribution in [2.24, 2.45) is 0 Å². The summed E-state index contributed by atoms with van der Waals surface area (Å²) >= 11 is 0. The van der Waals surface area contributed by atoms with Crippen LogP contribution in [-0.4, -0.2) is 20.7 Å². The first-order valence-corrected chi connectivity index (χ1v) is 7.44. The topological polar surface area (TPSA) is 59.8 Å². The summed E-state index contributed by atoms with van der Waals surface area (Å²) in [6.45, 7) is 4.64. The smallest absolute Gasteiger partial charge is 0.258 e. The lowest BCUT2D eigenvalue weighted by Gasteiger charge is -2.05. The number of nitrogens with one attached hydrogen (secondary N) is 1. The fourth-order valence-corrected chi connectivity index (χ4v) is 2.35. The van der Waals surface area contributed by atoms with Gasteiger partial charge in [-0.05, 0) is 37.1 Å². The Morgan fingerprint density at radius 1 is 1.13 bits per heavy atom. The molecule has 2 aromatic carbocycles. The molecular weight excluding hydrogens is 288 g/mol. The van der Waals surface area contributed by atoms with Gasteiger partial charge in [0, 0.05) is 5.56 Å². The van der Waals surface area contributed by atoms with Gasteiger partial charge in [-0.2, -0.15) is 0 Å². The monoisotopic (exact) mass is 306 g/mol. The van der Waals surface area contributed by atoms with Crippen LogP contribution < -0.4 is 5.32 Å². The molecule has 1 amide bonds. The molecule has 0 aliphatic heterocycles. The highest BCUT2D eigenvalue weighted by Crippen LogP contribution is 2.10. The lowest BCUT2D eigenvalue weighted by atomic mass is 10.1. The number of carbonyl (C=O) groups is 1. The molecule has 0 unspecified atom stereocenters. The molecule has 0 aliphatic carbocycles. The number of amides is 1. The van der Waals surface area contributed by atoms with E-state index in [1.165, 1.54) is 11.1 Å². The highest BCUT2D eigenvalue weighted by atomic mass is 16.1. The lowest BCUT2D eigenvalue weighted by Crippen LogP contribution is -2.13. The Bertz CT molecular complexity index is 838. The van der Waals surface area contributed by atoms with Crippen LogP contribution in [0.4, 0.5) is 5.95 Å². The van der Waals surface area contributed by atoms with E-state index in [9.17, 15) is 4.79 Å². The third-order valence-corrected chi connectivity index (χ3v) is 3.64. The van der Waals surface area contributed by atoms with Crippen molar-refractivity contribution in [2.75, 3.05) is 5.32 Å². The van der Waals surface area contributed by atoms with Gasteiger partial charge in [-0.1, -0.05) is 42.0 Å². The van der Waals surface area contributed by atoms with E-state index in [2.05, 4.69) is 34.5 Å². The van der Waals surface area contributed by atoms with Crippen LogP contribution in [0.1, 0.15) is 27.0 Å². The molecule has 23 heavy (non-hydrogen) atoms. The standard InChI is InChI=1S/C18H18N4O/c1-13-6-5-9-15(10-13)17(23)20-18-19-12-22(21-18)11-16-8-4-3-7-14(16)2/h3-10,12H,11H2,1-2H3,(H,20,21,23). The molecule has 0 atom stereocenters. The molecule has 116 valence electrons. The van der Waals surface area contributed by atoms with Gasteiger partial charge in [-0.25, -0.2) is 9.67 Å². The van der Waals surface area contributed by atoms with Crippen LogP contribution in [0.5, 0.6) is 0 Å². The molecule has 3 aromatic rings. The van der Waals surface area contributed by atoms with Crippen LogP contribution >= 0.6 is 0 Å². The van der Waals surface area contributed by atoms with Crippen molar-refractivity contribution in [3.63, 3.8) is 0 Å². The van der Waals surface area contributed by atoms with Gasteiger partial charge in [0.2, 0.25) is 5.95 Å². The number of carbonyl (C=O) groups excluding carboxylic acids is 1. The average Bonchev–Trinajstić information content (AvgIpc) is 2.97. The van der Waals surface area contributed by atoms with Crippen molar-refractivity contribution in [1.82, 2.24) is 14.8 Å². The van der Waals surface area contributed by atoms with Crippen LogP contribution in [0.2, 0.25) is 0 Å². The molecule has 0 fully saturated rings. The number of hydrogen-bond acceptors (Lipinski definition) is 3. The van der Waals surface area contributed by atoms with Crippen molar-refractivity contribution >= 4 is 11.9 Å². The minimum atomic E-state index is -0.206. The molecule has 5 heteroatoms. The second kappa shape index (κ2) is 6.44. The third kappa shape index (κ3) is 3.63. The van der Waals surface area contributed by atoms with Gasteiger partial charge in [0.05, 0.1) is 6.54 Å². The molecule has 0 saturated carbocycles. The number of aryl methyl sites for hydroxylation is 2. The Kier molecular flexibility index (Phi) is 4.19. The van der Waals surface area contributed by atoms with Crippen molar-refractivity contribution in [1.29, 1.82) is 0 Å². The Hall–Kier alpha value is -2.95. The first-order valence-electron chi connectivity index (χ1n) is 7.44. The number of benzene rings is 2. The summed E-state index contributed by atoms with van der Waals surface area (Å²) in [6, 6.07) is 15.5. The predicted molar refractivity (Wildman–Crippen MR) is 89.4 cm³/mol. The van der Waals surface area contributed by atoms with E-state index in [-0.39, 0.29) is 5.91 Å². The molecule has 0 spiro atoms. The zero-order chi connectivity index (χ0) is 16.2. The van der Waals surface area contributed by atoms with E-state index in [0.29, 0.717) is 18.1 Å². The molecule has 1 aromatic heterocycles. The van der Waals surface area contributed by atoms with E-state index in [1.807, 2.05) is 37.3 Å². The molecule has 0 radical (unpaired) electrons. The van der Waals surface area contributed by atoms with E-state index in [4.69, 9.17) is 0 Å². The quantitative estimate of drug-likeness (QED) is 0.805. The maximum absolute atomic E-state index is 12.2. The van der Waals surface area contributed by atoms with Crippen LogP contribution in [-0.2, 0) is 6.54 Å². The largest absolute Gasteiger partial charge is 0.289 e. The fourth-order valence-electron chi connectivity index (χ4n) is 2.35. The molecule has 3 rings (SSSR count). The minimum absolute atomic E-state index is 0.206. The van der Waals surface area contributed by atoms with Crippen LogP contribution in [0.15, 0.2) is 54.9 Å². The van der Waals surface area contributed by atoms with Gasteiger partial charge in [-0.15, -0.1) is 5.10 Å². The zero-order valence-electron chi connectivity index (χ0n) is 13.2. The predicted octanol–water partition coefficient (Wildman–Crippen LogP) is 3.20. The SMILES string of the molecule is Cc1cccc(C(=O)Nc2ncn(Cc3ccccc3C)n2)c1. The number of rotatable bonds is 4. The third-order valence-electron chi connectivity index (χ3n) is 3.64. The number of aromatic nitrogens is 3. The van der Waals surface area contributed by atoms with Gasteiger partial charge >= 0.3 is 0 Å². The summed E-state index contributed by atoms with van der Waals surface area (Å²) in [5.41, 5.74) is 4.01. The Morgan fingerprint density at radius 3 is 2.74 bits per heavy atom. The fraction of sp³-hybridized carbons (Fsp3) is 0.167. The molecule has 1 N–H and O–H groups in total. The normalized spacial score (nSPS) is 10.5. The molecule has 1 heterocycles. The Labute approximate surface area is 135 Å². The highest BCUT2D eigenvalue weighted by Gasteiger charge is 2.09. The van der Waals surface area contributed by atoms with Gasteiger partial charge < -0.3 is 0 Å². The van der Waals surface area contributed by atoms with Gasteiger partial charge in [-0.3, -0.25) is 10.1 Å². The summed E-state index contributed by atoms with van der Waals surface area (Å²) in [5, 5.41) is 7.03. The second-order valence-electron chi connectivity index (χ2n) is 5.52. The number of nitrogens with zero attached hydrogens (tertiary/aromatic N) is 3. The average molecular weight is 306 g/mol. The van der Waals surface area contributed by atoms with Crippen molar-refractivity contribution in [2.45, 2.75) is 20.4 Å². The van der Waals surface area contributed by atoms with Gasteiger partial charge in [0.15, 0.2) is 0 Å². The van der Waals surface area contributed by atoms with E-state index >= 15 is 0 Å². The van der Waals surface area contributed by atoms with Crippen molar-refractivity contribution in [3.8, 4) is 0 Å².